The normalized spacial score (nSPS) is 11.8. The summed E-state index contributed by atoms with van der Waals surface area (Å²) in [5.41, 5.74) is 7.29. The lowest BCUT2D eigenvalue weighted by molar-refractivity contribution is 0.669. The molecular weight excluding hydrogens is 583 g/mol. The predicted octanol–water partition coefficient (Wildman–Crippen LogP) is 13.3. The minimum Gasteiger partial charge on any atom is -0.454 e. The van der Waals surface area contributed by atoms with E-state index in [2.05, 4.69) is 175 Å². The van der Waals surface area contributed by atoms with Crippen LogP contribution in [0.3, 0.4) is 0 Å². The fourth-order valence-corrected chi connectivity index (χ4v) is 7.54. The Morgan fingerprint density at radius 3 is 1.79 bits per heavy atom. The summed E-state index contributed by atoms with van der Waals surface area (Å²) >= 11 is 0. The molecule has 9 aromatic carbocycles. The van der Waals surface area contributed by atoms with Crippen LogP contribution < -0.4 is 4.90 Å². The number of benzene rings is 9. The second kappa shape index (κ2) is 10.6. The first kappa shape index (κ1) is 26.8. The molecule has 2 nitrogen and oxygen atoms in total. The number of nitrogens with zero attached hydrogens (tertiary/aromatic N) is 1. The first-order chi connectivity index (χ1) is 23.8. The van der Waals surface area contributed by atoms with Gasteiger partial charge in [0.1, 0.15) is 5.58 Å². The molecule has 0 N–H and O–H groups in total. The van der Waals surface area contributed by atoms with E-state index >= 15 is 0 Å². The largest absolute Gasteiger partial charge is 0.454 e. The van der Waals surface area contributed by atoms with Gasteiger partial charge in [0.25, 0.3) is 0 Å². The molecule has 0 spiro atoms. The maximum Gasteiger partial charge on any atom is 0.159 e. The molecule has 0 amide bonds. The van der Waals surface area contributed by atoms with Crippen molar-refractivity contribution >= 4 is 82.1 Å². The van der Waals surface area contributed by atoms with E-state index in [0.717, 1.165) is 44.6 Å². The third kappa shape index (κ3) is 4.13. The van der Waals surface area contributed by atoms with Crippen LogP contribution in [0.4, 0.5) is 17.1 Å². The molecule has 1 heterocycles. The molecule has 2 heteroatoms. The average Bonchev–Trinajstić information content (AvgIpc) is 3.54. The third-order valence-electron chi connectivity index (χ3n) is 9.80. The standard InChI is InChI=1S/C46H29NO/c1-3-15-36-30(11-1)23-24-31-25-26-33(28-42(31)36)32-13-9-14-35(27-32)47(43-21-10-20-41-40-19-7-8-22-45(40)48-46(41)43)44-29-34-12-2-4-16-37(34)38-17-5-6-18-39(38)44/h1-29H. The molecule has 0 fully saturated rings. The van der Waals surface area contributed by atoms with Crippen molar-refractivity contribution in [3.63, 3.8) is 0 Å². The van der Waals surface area contributed by atoms with E-state index in [0.29, 0.717) is 0 Å². The van der Waals surface area contributed by atoms with Crippen LogP contribution in [-0.4, -0.2) is 0 Å². The Bertz CT molecular complexity index is 2860. The zero-order chi connectivity index (χ0) is 31.6. The van der Waals surface area contributed by atoms with Gasteiger partial charge in [-0.3, -0.25) is 0 Å². The molecule has 10 rings (SSSR count). The van der Waals surface area contributed by atoms with Crippen LogP contribution >= 0.6 is 0 Å². The Hall–Kier alpha value is -6.38. The van der Waals surface area contributed by atoms with Crippen molar-refractivity contribution in [3.05, 3.63) is 176 Å². The Labute approximate surface area is 277 Å². The first-order valence-electron chi connectivity index (χ1n) is 16.4. The highest BCUT2D eigenvalue weighted by Gasteiger charge is 2.22. The number of anilines is 3. The summed E-state index contributed by atoms with van der Waals surface area (Å²) in [5.74, 6) is 0. The van der Waals surface area contributed by atoms with Gasteiger partial charge in [0, 0.05) is 21.8 Å². The monoisotopic (exact) mass is 611 g/mol. The van der Waals surface area contributed by atoms with Crippen molar-refractivity contribution in [2.24, 2.45) is 0 Å². The number of para-hydroxylation sites is 2. The van der Waals surface area contributed by atoms with Crippen LogP contribution in [0.15, 0.2) is 180 Å². The summed E-state index contributed by atoms with van der Waals surface area (Å²) in [7, 11) is 0. The molecule has 0 atom stereocenters. The molecule has 0 aliphatic heterocycles. The Morgan fingerprint density at radius 2 is 0.938 bits per heavy atom. The van der Waals surface area contributed by atoms with Crippen molar-refractivity contribution in [1.29, 1.82) is 0 Å². The third-order valence-corrected chi connectivity index (χ3v) is 9.80. The topological polar surface area (TPSA) is 16.4 Å². The van der Waals surface area contributed by atoms with E-state index < -0.39 is 0 Å². The Balaban J connectivity index is 1.25. The minimum absolute atomic E-state index is 0.874. The average molecular weight is 612 g/mol. The minimum atomic E-state index is 0.874. The zero-order valence-electron chi connectivity index (χ0n) is 26.1. The van der Waals surface area contributed by atoms with Gasteiger partial charge in [-0.05, 0) is 85.2 Å². The lowest BCUT2D eigenvalue weighted by Crippen LogP contribution is -2.11. The van der Waals surface area contributed by atoms with Gasteiger partial charge in [-0.1, -0.05) is 140 Å². The highest BCUT2D eigenvalue weighted by molar-refractivity contribution is 6.17. The van der Waals surface area contributed by atoms with E-state index in [4.69, 9.17) is 4.42 Å². The van der Waals surface area contributed by atoms with E-state index in [1.807, 2.05) is 6.07 Å². The quantitative estimate of drug-likeness (QED) is 0.184. The smallest absolute Gasteiger partial charge is 0.159 e. The van der Waals surface area contributed by atoms with Crippen LogP contribution in [0.2, 0.25) is 0 Å². The van der Waals surface area contributed by atoms with Crippen molar-refractivity contribution in [2.45, 2.75) is 0 Å². The molecular formula is C46H29NO. The molecule has 10 aromatic rings. The second-order valence-corrected chi connectivity index (χ2v) is 12.5. The highest BCUT2D eigenvalue weighted by atomic mass is 16.3. The van der Waals surface area contributed by atoms with E-state index in [1.54, 1.807) is 0 Å². The fraction of sp³-hybridized carbons (Fsp3) is 0. The van der Waals surface area contributed by atoms with Gasteiger partial charge in [0.2, 0.25) is 0 Å². The van der Waals surface area contributed by atoms with Gasteiger partial charge in [-0.25, -0.2) is 0 Å². The lowest BCUT2D eigenvalue weighted by Gasteiger charge is -2.28. The first-order valence-corrected chi connectivity index (χ1v) is 16.4. The van der Waals surface area contributed by atoms with Crippen molar-refractivity contribution in [3.8, 4) is 11.1 Å². The summed E-state index contributed by atoms with van der Waals surface area (Å²) in [5, 5.41) is 12.1. The number of hydrogen-bond acceptors (Lipinski definition) is 2. The molecule has 1 aromatic heterocycles. The molecule has 0 aliphatic rings. The van der Waals surface area contributed by atoms with Crippen LogP contribution in [-0.2, 0) is 0 Å². The molecule has 0 radical (unpaired) electrons. The lowest BCUT2D eigenvalue weighted by atomic mass is 9.96. The predicted molar refractivity (Wildman–Crippen MR) is 204 cm³/mol. The Morgan fingerprint density at radius 1 is 0.333 bits per heavy atom. The maximum atomic E-state index is 6.67. The summed E-state index contributed by atoms with van der Waals surface area (Å²) in [6.45, 7) is 0. The van der Waals surface area contributed by atoms with Gasteiger partial charge in [-0.15, -0.1) is 0 Å². The number of hydrogen-bond donors (Lipinski definition) is 0. The Kier molecular flexibility index (Phi) is 5.91. The maximum absolute atomic E-state index is 6.67. The van der Waals surface area contributed by atoms with Crippen molar-refractivity contribution < 1.29 is 4.42 Å². The van der Waals surface area contributed by atoms with E-state index in [9.17, 15) is 0 Å². The number of fused-ring (bicyclic) bond motifs is 9. The molecule has 0 aliphatic carbocycles. The van der Waals surface area contributed by atoms with Gasteiger partial charge in [0.05, 0.1) is 11.4 Å². The van der Waals surface area contributed by atoms with Gasteiger partial charge in [0.15, 0.2) is 5.58 Å². The van der Waals surface area contributed by atoms with E-state index in [1.165, 1.54) is 48.7 Å². The highest BCUT2D eigenvalue weighted by Crippen LogP contribution is 2.46. The van der Waals surface area contributed by atoms with E-state index in [-0.39, 0.29) is 0 Å². The molecule has 48 heavy (non-hydrogen) atoms. The number of furan rings is 1. The van der Waals surface area contributed by atoms with Gasteiger partial charge < -0.3 is 9.32 Å². The summed E-state index contributed by atoms with van der Waals surface area (Å²) in [4.78, 5) is 2.39. The van der Waals surface area contributed by atoms with Crippen molar-refractivity contribution in [2.75, 3.05) is 4.90 Å². The van der Waals surface area contributed by atoms with Crippen molar-refractivity contribution in [1.82, 2.24) is 0 Å². The fourth-order valence-electron chi connectivity index (χ4n) is 7.54. The van der Waals surface area contributed by atoms with Crippen LogP contribution in [0.5, 0.6) is 0 Å². The zero-order valence-corrected chi connectivity index (χ0v) is 26.1. The molecule has 0 saturated heterocycles. The van der Waals surface area contributed by atoms with Gasteiger partial charge in [-0.2, -0.15) is 0 Å². The van der Waals surface area contributed by atoms with Gasteiger partial charge >= 0.3 is 0 Å². The SMILES string of the molecule is c1cc(-c2ccc3ccc4ccccc4c3c2)cc(N(c2cc3ccccc3c3ccccc23)c2cccc3c2oc2ccccc23)c1. The molecule has 0 bridgehead atoms. The molecule has 224 valence electrons. The van der Waals surface area contributed by atoms with Crippen LogP contribution in [0.25, 0.3) is 76.2 Å². The van der Waals surface area contributed by atoms with Crippen LogP contribution in [0, 0.1) is 0 Å². The number of rotatable bonds is 4. The summed E-state index contributed by atoms with van der Waals surface area (Å²) in [6, 6.07) is 63.4. The summed E-state index contributed by atoms with van der Waals surface area (Å²) in [6.07, 6.45) is 0. The molecule has 0 saturated carbocycles. The van der Waals surface area contributed by atoms with Crippen LogP contribution in [0.1, 0.15) is 0 Å². The summed E-state index contributed by atoms with van der Waals surface area (Å²) < 4.78 is 6.67. The molecule has 0 unspecified atom stereocenters. The second-order valence-electron chi connectivity index (χ2n) is 12.5.